The molecule has 0 radical (unpaired) electrons. The number of nitrogens with zero attached hydrogens (tertiary/aromatic N) is 2. The second-order valence-corrected chi connectivity index (χ2v) is 7.03. The minimum Gasteiger partial charge on any atom is -0.483 e. The Labute approximate surface area is 169 Å². The molecular weight excluding hydrogens is 376 g/mol. The van der Waals surface area contributed by atoms with Crippen LogP contribution in [0.15, 0.2) is 48.7 Å². The van der Waals surface area contributed by atoms with Gasteiger partial charge in [0.25, 0.3) is 0 Å². The van der Waals surface area contributed by atoms with Crippen LogP contribution in [0.1, 0.15) is 39.5 Å². The number of hydrogen-bond acceptors (Lipinski definition) is 5. The summed E-state index contributed by atoms with van der Waals surface area (Å²) in [4.78, 5) is 20.8. The quantitative estimate of drug-likeness (QED) is 0.414. The molecule has 3 aromatic rings. The number of rotatable bonds is 9. The number of benzene rings is 2. The second-order valence-electron chi connectivity index (χ2n) is 6.60. The molecule has 6 heteroatoms. The van der Waals surface area contributed by atoms with Crippen LogP contribution in [0.3, 0.4) is 0 Å². The van der Waals surface area contributed by atoms with Gasteiger partial charge in [0, 0.05) is 11.4 Å². The fourth-order valence-electron chi connectivity index (χ4n) is 2.75. The van der Waals surface area contributed by atoms with Crippen LogP contribution in [-0.2, 0) is 4.79 Å². The Bertz CT molecular complexity index is 944. The van der Waals surface area contributed by atoms with Gasteiger partial charge in [-0.3, -0.25) is 4.79 Å². The molecule has 0 aliphatic heterocycles. The van der Waals surface area contributed by atoms with Gasteiger partial charge in [0.05, 0.1) is 17.2 Å². The third-order valence-corrected chi connectivity index (χ3v) is 4.56. The molecule has 0 spiro atoms. The van der Waals surface area contributed by atoms with E-state index in [1.807, 2.05) is 0 Å². The number of hydrogen-bond donors (Lipinski definition) is 0. The maximum atomic E-state index is 12.1. The molecule has 0 saturated heterocycles. The molecule has 0 fully saturated rings. The molecule has 1 unspecified atom stereocenters. The van der Waals surface area contributed by atoms with E-state index >= 15 is 0 Å². The summed E-state index contributed by atoms with van der Waals surface area (Å²) in [6, 6.07) is 12.4. The highest BCUT2D eigenvalue weighted by molar-refractivity contribution is 6.31. The average Bonchev–Trinajstić information content (AvgIpc) is 2.69. The van der Waals surface area contributed by atoms with Crippen LogP contribution in [0.2, 0.25) is 5.02 Å². The number of fused-ring (bicyclic) bond motifs is 1. The Hall–Kier alpha value is -2.66. The zero-order chi connectivity index (χ0) is 19.9. The number of carbonyl (C=O) groups is 1. The van der Waals surface area contributed by atoms with Gasteiger partial charge in [-0.25, -0.2) is 9.97 Å². The lowest BCUT2D eigenvalue weighted by atomic mass is 10.1. The monoisotopic (exact) mass is 398 g/mol. The van der Waals surface area contributed by atoms with Crippen LogP contribution < -0.4 is 9.47 Å². The Morgan fingerprint density at radius 1 is 1.07 bits per heavy atom. The molecule has 0 bridgehead atoms. The van der Waals surface area contributed by atoms with E-state index in [2.05, 4.69) is 16.9 Å². The van der Waals surface area contributed by atoms with Crippen molar-refractivity contribution in [3.05, 3.63) is 53.7 Å². The molecule has 3 rings (SSSR count). The molecule has 28 heavy (non-hydrogen) atoms. The maximum absolute atomic E-state index is 12.1. The van der Waals surface area contributed by atoms with Gasteiger partial charge in [-0.2, -0.15) is 0 Å². The van der Waals surface area contributed by atoms with Crippen LogP contribution in [0, 0.1) is 0 Å². The minimum atomic E-state index is -0.457. The van der Waals surface area contributed by atoms with Crippen molar-refractivity contribution < 1.29 is 14.3 Å². The second kappa shape index (κ2) is 9.51. The molecule has 2 aromatic carbocycles. The summed E-state index contributed by atoms with van der Waals surface area (Å²) in [5.41, 5.74) is 1.42. The van der Waals surface area contributed by atoms with Gasteiger partial charge in [-0.05, 0) is 55.8 Å². The largest absolute Gasteiger partial charge is 0.483 e. The summed E-state index contributed by atoms with van der Waals surface area (Å²) < 4.78 is 11.5. The summed E-state index contributed by atoms with van der Waals surface area (Å²) >= 11 is 5.96. The molecule has 0 N–H and O–H groups in total. The molecular formula is C22H23ClN2O3. The number of aromatic nitrogens is 2. The molecule has 5 nitrogen and oxygen atoms in total. The lowest BCUT2D eigenvalue weighted by Crippen LogP contribution is -2.23. The SMILES string of the molecule is CCCCCC(=O)C(C)Oc1ccc(Oc2cnc3cc(Cl)ccc3n2)cc1. The number of Topliss-reactive ketones (excluding diaryl/α,β-unsaturated/α-hetero) is 1. The fourth-order valence-corrected chi connectivity index (χ4v) is 2.91. The standard InChI is InChI=1S/C22H23ClN2O3/c1-3-4-5-6-21(26)15(2)27-17-8-10-18(11-9-17)28-22-14-24-20-13-16(23)7-12-19(20)25-22/h7-15H,3-6H2,1-2H3. The summed E-state index contributed by atoms with van der Waals surface area (Å²) in [5, 5.41) is 0.615. The molecule has 1 aromatic heterocycles. The average molecular weight is 399 g/mol. The van der Waals surface area contributed by atoms with Crippen molar-refractivity contribution in [3.63, 3.8) is 0 Å². The maximum Gasteiger partial charge on any atom is 0.238 e. The van der Waals surface area contributed by atoms with Gasteiger partial charge in [0.1, 0.15) is 11.5 Å². The lowest BCUT2D eigenvalue weighted by Gasteiger charge is -2.14. The van der Waals surface area contributed by atoms with Gasteiger partial charge >= 0.3 is 0 Å². The van der Waals surface area contributed by atoms with Gasteiger partial charge in [-0.15, -0.1) is 0 Å². The normalized spacial score (nSPS) is 12.0. The van der Waals surface area contributed by atoms with Crippen molar-refractivity contribution in [3.8, 4) is 17.4 Å². The number of halogens is 1. The number of ether oxygens (including phenoxy) is 2. The number of ketones is 1. The molecule has 1 atom stereocenters. The smallest absolute Gasteiger partial charge is 0.238 e. The van der Waals surface area contributed by atoms with Crippen LogP contribution in [0.4, 0.5) is 0 Å². The molecule has 0 saturated carbocycles. The van der Waals surface area contributed by atoms with Crippen LogP contribution >= 0.6 is 11.6 Å². The lowest BCUT2D eigenvalue weighted by molar-refractivity contribution is -0.125. The van der Waals surface area contributed by atoms with E-state index in [1.165, 1.54) is 0 Å². The van der Waals surface area contributed by atoms with Gasteiger partial charge in [0.15, 0.2) is 11.9 Å². The highest BCUT2D eigenvalue weighted by Crippen LogP contribution is 2.25. The molecule has 1 heterocycles. The van der Waals surface area contributed by atoms with E-state index in [-0.39, 0.29) is 5.78 Å². The Balaban J connectivity index is 1.59. The van der Waals surface area contributed by atoms with Crippen molar-refractivity contribution in [2.45, 2.75) is 45.6 Å². The first-order chi connectivity index (χ1) is 13.5. The summed E-state index contributed by atoms with van der Waals surface area (Å²) in [6.07, 6.45) is 4.73. The van der Waals surface area contributed by atoms with Crippen molar-refractivity contribution in [2.75, 3.05) is 0 Å². The van der Waals surface area contributed by atoms with E-state index in [1.54, 1.807) is 55.6 Å². The van der Waals surface area contributed by atoms with Crippen molar-refractivity contribution >= 4 is 28.4 Å². The van der Waals surface area contributed by atoms with Crippen LogP contribution in [0.5, 0.6) is 17.4 Å². The first-order valence-electron chi connectivity index (χ1n) is 9.44. The van der Waals surface area contributed by atoms with E-state index in [0.717, 1.165) is 19.3 Å². The van der Waals surface area contributed by atoms with Crippen LogP contribution in [0.25, 0.3) is 11.0 Å². The molecule has 0 aliphatic carbocycles. The van der Waals surface area contributed by atoms with Crippen molar-refractivity contribution in [2.24, 2.45) is 0 Å². The first kappa shape index (κ1) is 20.1. The predicted octanol–water partition coefficient (Wildman–Crippen LogP) is 5.99. The molecule has 146 valence electrons. The third-order valence-electron chi connectivity index (χ3n) is 4.32. The Morgan fingerprint density at radius 3 is 2.57 bits per heavy atom. The minimum absolute atomic E-state index is 0.125. The zero-order valence-corrected chi connectivity index (χ0v) is 16.8. The number of carbonyl (C=O) groups excluding carboxylic acids is 1. The van der Waals surface area contributed by atoms with Crippen molar-refractivity contribution in [1.29, 1.82) is 0 Å². The molecule has 0 amide bonds. The highest BCUT2D eigenvalue weighted by atomic mass is 35.5. The molecule has 0 aliphatic rings. The zero-order valence-electron chi connectivity index (χ0n) is 16.0. The third kappa shape index (κ3) is 5.42. The van der Waals surface area contributed by atoms with Gasteiger partial charge in [-0.1, -0.05) is 31.4 Å². The van der Waals surface area contributed by atoms with Gasteiger partial charge in [0.2, 0.25) is 5.88 Å². The van der Waals surface area contributed by atoms with Crippen LogP contribution in [-0.4, -0.2) is 21.9 Å². The van der Waals surface area contributed by atoms with E-state index in [9.17, 15) is 4.79 Å². The topological polar surface area (TPSA) is 61.3 Å². The Kier molecular flexibility index (Phi) is 6.82. The number of unbranched alkanes of at least 4 members (excludes halogenated alkanes) is 2. The summed E-state index contributed by atoms with van der Waals surface area (Å²) in [7, 11) is 0. The predicted molar refractivity (Wildman–Crippen MR) is 110 cm³/mol. The van der Waals surface area contributed by atoms with E-state index in [4.69, 9.17) is 21.1 Å². The highest BCUT2D eigenvalue weighted by Gasteiger charge is 2.14. The van der Waals surface area contributed by atoms with Gasteiger partial charge < -0.3 is 9.47 Å². The van der Waals surface area contributed by atoms with E-state index < -0.39 is 6.10 Å². The summed E-state index contributed by atoms with van der Waals surface area (Å²) in [6.45, 7) is 3.91. The summed E-state index contributed by atoms with van der Waals surface area (Å²) in [5.74, 6) is 1.75. The van der Waals surface area contributed by atoms with Crippen molar-refractivity contribution in [1.82, 2.24) is 9.97 Å². The Morgan fingerprint density at radius 2 is 1.82 bits per heavy atom. The van der Waals surface area contributed by atoms with E-state index in [0.29, 0.717) is 39.9 Å². The fraction of sp³-hybridized carbons (Fsp3) is 0.318. The first-order valence-corrected chi connectivity index (χ1v) is 9.82.